The quantitative estimate of drug-likeness (QED) is 0.143. The topological polar surface area (TPSA) is 28.4 Å². The van der Waals surface area contributed by atoms with Crippen LogP contribution >= 0.6 is 22.7 Å². The van der Waals surface area contributed by atoms with Gasteiger partial charge in [0.1, 0.15) is 11.2 Å². The number of thiol groups is 1. The molecule has 0 unspecified atom stereocenters. The van der Waals surface area contributed by atoms with Crippen LogP contribution in [0.2, 0.25) is 0 Å². The number of nitrogens with one attached hydrogen (secondary N) is 1. The van der Waals surface area contributed by atoms with Crippen molar-refractivity contribution in [3.05, 3.63) is 163 Å². The Morgan fingerprint density at radius 3 is 2.17 bits per heavy atom. The van der Waals surface area contributed by atoms with Crippen LogP contribution in [-0.4, -0.2) is 4.99 Å². The monoisotopic (exact) mass is 652 g/mol. The fraction of sp³-hybridized carbons (Fsp3) is 0. The maximum Gasteiger partial charge on any atom is 0.137 e. The average Bonchev–Trinajstić information content (AvgIpc) is 3.86. The number of fused-ring (bicyclic) bond motifs is 7. The van der Waals surface area contributed by atoms with Gasteiger partial charge in [-0.1, -0.05) is 84.9 Å². The molecule has 0 spiro atoms. The van der Waals surface area contributed by atoms with Gasteiger partial charge in [0, 0.05) is 54.1 Å². The van der Waals surface area contributed by atoms with Crippen LogP contribution in [0.4, 0.5) is 22.7 Å². The lowest BCUT2D eigenvalue weighted by atomic mass is 10.0. The summed E-state index contributed by atoms with van der Waals surface area (Å²) in [5.41, 5.74) is 9.84. The zero-order valence-electron chi connectivity index (χ0n) is 25.7. The van der Waals surface area contributed by atoms with E-state index in [0.29, 0.717) is 0 Å². The molecule has 0 bridgehead atoms. The third-order valence-corrected chi connectivity index (χ3v) is 11.7. The van der Waals surface area contributed by atoms with Crippen molar-refractivity contribution in [2.24, 2.45) is 0 Å². The zero-order chi connectivity index (χ0) is 31.6. The van der Waals surface area contributed by atoms with E-state index >= 15 is 0 Å². The summed E-state index contributed by atoms with van der Waals surface area (Å²) in [6.45, 7) is 0. The summed E-state index contributed by atoms with van der Waals surface area (Å²) < 4.78 is 9.11. The number of benzene rings is 7. The average molecular weight is 653 g/mol. The predicted octanol–water partition coefficient (Wildman–Crippen LogP) is 12.5. The van der Waals surface area contributed by atoms with Crippen LogP contribution in [0.3, 0.4) is 0 Å². The van der Waals surface area contributed by atoms with Gasteiger partial charge in [-0.05, 0) is 77.9 Å². The first kappa shape index (κ1) is 27.5. The molecule has 3 heterocycles. The first-order chi connectivity index (χ1) is 23.8. The standard InChI is InChI=1S/C43H28N2OS2/c1-2-9-27(10-3-1)28-17-20-30(21-18-28)45(37-14-8-12-34-33-11-4-6-15-40(33)47-42(34)37)31-22-23-32-35-25-29(19-24-38(35)46-39(32)26-31)43-44-36-13-5-7-16-41(36)48-43/h1-26,44,48H. The van der Waals surface area contributed by atoms with Gasteiger partial charge in [0.05, 0.1) is 21.1 Å². The van der Waals surface area contributed by atoms with Crippen molar-refractivity contribution < 1.29 is 4.42 Å². The van der Waals surface area contributed by atoms with Gasteiger partial charge in [-0.2, -0.15) is 0 Å². The highest BCUT2D eigenvalue weighted by atomic mass is 32.1. The third-order valence-electron chi connectivity index (χ3n) is 9.23. The van der Waals surface area contributed by atoms with Crippen LogP contribution < -0.4 is 10.2 Å². The number of nitrogens with zero attached hydrogens (tertiary/aromatic N) is 1. The molecule has 0 aliphatic carbocycles. The van der Waals surface area contributed by atoms with E-state index in [1.165, 1.54) is 63.8 Å². The van der Waals surface area contributed by atoms with Crippen molar-refractivity contribution in [3.63, 3.8) is 0 Å². The van der Waals surface area contributed by atoms with E-state index in [-0.39, 0.29) is 0 Å². The summed E-state index contributed by atoms with van der Waals surface area (Å²) in [6, 6.07) is 56.5. The Labute approximate surface area is 285 Å². The number of hydrogen-bond donors (Lipinski definition) is 2. The molecule has 0 radical (unpaired) electrons. The van der Waals surface area contributed by atoms with E-state index in [9.17, 15) is 0 Å². The molecule has 9 aromatic rings. The van der Waals surface area contributed by atoms with E-state index in [4.69, 9.17) is 4.42 Å². The normalized spacial score (nSPS) is 12.6. The van der Waals surface area contributed by atoms with Gasteiger partial charge in [0.25, 0.3) is 0 Å². The highest BCUT2D eigenvalue weighted by molar-refractivity contribution is 7.99. The van der Waals surface area contributed by atoms with Crippen molar-refractivity contribution in [1.82, 2.24) is 0 Å². The van der Waals surface area contributed by atoms with Crippen molar-refractivity contribution in [3.8, 4) is 11.1 Å². The summed E-state index contributed by atoms with van der Waals surface area (Å²) >= 11 is 3.05. The SMILES string of the molecule is c1ccc(-c2ccc(N(c3ccc4c(c3)oc3ccc(C5=[SH]c6ccccc6N5)cc34)c3cccc4c3sc3ccccc34)cc2)cc1. The molecule has 0 amide bonds. The van der Waals surface area contributed by atoms with Gasteiger partial charge in [-0.15, -0.1) is 22.7 Å². The first-order valence-electron chi connectivity index (χ1n) is 16.0. The number of anilines is 4. The Morgan fingerprint density at radius 1 is 0.521 bits per heavy atom. The highest BCUT2D eigenvalue weighted by Gasteiger charge is 2.20. The molecule has 7 aromatic carbocycles. The van der Waals surface area contributed by atoms with Crippen LogP contribution in [-0.2, 0) is 0 Å². The zero-order valence-corrected chi connectivity index (χ0v) is 27.4. The van der Waals surface area contributed by atoms with Gasteiger partial charge in [0.15, 0.2) is 0 Å². The third kappa shape index (κ3) is 4.47. The second-order valence-corrected chi connectivity index (χ2v) is 14.3. The number of furan rings is 1. The van der Waals surface area contributed by atoms with E-state index in [1.807, 2.05) is 11.3 Å². The Kier molecular flexibility index (Phi) is 6.29. The first-order valence-corrected chi connectivity index (χ1v) is 17.8. The lowest BCUT2D eigenvalue weighted by Gasteiger charge is -2.26. The molecule has 48 heavy (non-hydrogen) atoms. The molecular weight excluding hydrogens is 625 g/mol. The number of para-hydroxylation sites is 1. The van der Waals surface area contributed by atoms with Gasteiger partial charge >= 0.3 is 0 Å². The lowest BCUT2D eigenvalue weighted by molar-refractivity contribution is 0.669. The minimum atomic E-state index is 0.874. The molecule has 228 valence electrons. The fourth-order valence-electron chi connectivity index (χ4n) is 6.91. The maximum absolute atomic E-state index is 6.55. The van der Waals surface area contributed by atoms with Crippen LogP contribution in [0.5, 0.6) is 0 Å². The molecule has 1 N–H and O–H groups in total. The molecule has 0 saturated heterocycles. The largest absolute Gasteiger partial charge is 0.456 e. The van der Waals surface area contributed by atoms with Crippen molar-refractivity contribution in [1.29, 1.82) is 0 Å². The molecule has 0 saturated carbocycles. The Balaban J connectivity index is 1.12. The van der Waals surface area contributed by atoms with Crippen LogP contribution in [0.25, 0.3) is 53.2 Å². The van der Waals surface area contributed by atoms with Crippen molar-refractivity contribution in [2.45, 2.75) is 4.90 Å². The van der Waals surface area contributed by atoms with Crippen LogP contribution in [0, 0.1) is 0 Å². The minimum Gasteiger partial charge on any atom is -0.456 e. The molecule has 0 atom stereocenters. The molecule has 10 rings (SSSR count). The molecule has 3 nitrogen and oxygen atoms in total. The van der Waals surface area contributed by atoms with Crippen molar-refractivity contribution >= 4 is 92.5 Å². The predicted molar refractivity (Wildman–Crippen MR) is 208 cm³/mol. The van der Waals surface area contributed by atoms with Gasteiger partial charge in [-0.3, -0.25) is 0 Å². The summed E-state index contributed by atoms with van der Waals surface area (Å²) in [5.74, 6) is 0. The second kappa shape index (κ2) is 11.0. The van der Waals surface area contributed by atoms with Crippen LogP contribution in [0.1, 0.15) is 5.56 Å². The Hall–Kier alpha value is -5.62. The van der Waals surface area contributed by atoms with Crippen LogP contribution in [0.15, 0.2) is 167 Å². The molecule has 1 aliphatic heterocycles. The minimum absolute atomic E-state index is 0.874. The fourth-order valence-corrected chi connectivity index (χ4v) is 9.21. The van der Waals surface area contributed by atoms with Crippen molar-refractivity contribution in [2.75, 3.05) is 10.2 Å². The number of thiophene rings is 1. The smallest absolute Gasteiger partial charge is 0.137 e. The van der Waals surface area contributed by atoms with E-state index in [0.717, 1.165) is 39.0 Å². The molecule has 5 heteroatoms. The Morgan fingerprint density at radius 2 is 1.27 bits per heavy atom. The number of hydrogen-bond acceptors (Lipinski definition) is 4. The van der Waals surface area contributed by atoms with E-state index in [2.05, 4.69) is 168 Å². The summed E-state index contributed by atoms with van der Waals surface area (Å²) in [6.07, 6.45) is 0. The van der Waals surface area contributed by atoms with E-state index in [1.54, 1.807) is 0 Å². The molecular formula is C43H28N2OS2. The molecule has 2 aromatic heterocycles. The summed E-state index contributed by atoms with van der Waals surface area (Å²) in [4.78, 5) is 4.88. The second-order valence-electron chi connectivity index (χ2n) is 12.1. The van der Waals surface area contributed by atoms with Gasteiger partial charge < -0.3 is 14.6 Å². The van der Waals surface area contributed by atoms with Gasteiger partial charge in [0.2, 0.25) is 0 Å². The highest BCUT2D eigenvalue weighted by Crippen LogP contribution is 2.46. The van der Waals surface area contributed by atoms with Gasteiger partial charge in [-0.25, -0.2) is 0 Å². The summed E-state index contributed by atoms with van der Waals surface area (Å²) in [7, 11) is 0. The van der Waals surface area contributed by atoms with E-state index < -0.39 is 0 Å². The summed E-state index contributed by atoms with van der Waals surface area (Å²) in [5, 5.41) is 8.43. The molecule has 1 aliphatic rings. The molecule has 0 fully saturated rings. The Bertz CT molecular complexity index is 2710. The number of rotatable bonds is 5. The lowest BCUT2D eigenvalue weighted by Crippen LogP contribution is -2.10. The maximum atomic E-state index is 6.55.